The minimum Gasteiger partial charge on any atom is -0.478 e. The van der Waals surface area contributed by atoms with Gasteiger partial charge in [-0.2, -0.15) is 0 Å². The lowest BCUT2D eigenvalue weighted by atomic mass is 10.1. The molecule has 0 saturated carbocycles. The summed E-state index contributed by atoms with van der Waals surface area (Å²) in [5.74, 6) is -2.86. The molecule has 14 heteroatoms. The van der Waals surface area contributed by atoms with Gasteiger partial charge < -0.3 is 10.2 Å². The number of hydrogen-bond acceptors (Lipinski definition) is 8. The fraction of sp³-hybridized carbons (Fsp3) is 0. The molecule has 2 N–H and O–H groups in total. The number of carboxylic acid groups (broad SMARTS) is 2. The van der Waals surface area contributed by atoms with Crippen LogP contribution in [0.25, 0.3) is 0 Å². The molecule has 2 rings (SSSR count). The third kappa shape index (κ3) is 5.18. The summed E-state index contributed by atoms with van der Waals surface area (Å²) in [4.78, 5) is 49.5. The molecular formula is C14H8ClN3O10. The topological polar surface area (TPSA) is 204 Å². The summed E-state index contributed by atoms with van der Waals surface area (Å²) in [6.07, 6.45) is 0. The molecule has 2 aromatic rings. The Balaban J connectivity index is 0.000000283. The molecule has 0 aliphatic heterocycles. The summed E-state index contributed by atoms with van der Waals surface area (Å²) < 4.78 is 0. The monoisotopic (exact) mass is 413 g/mol. The normalized spacial score (nSPS) is 9.61. The highest BCUT2D eigenvalue weighted by molar-refractivity contribution is 6.33. The maximum absolute atomic E-state index is 10.6. The molecule has 0 heterocycles. The van der Waals surface area contributed by atoms with Crippen LogP contribution in [0.2, 0.25) is 5.02 Å². The van der Waals surface area contributed by atoms with E-state index in [4.69, 9.17) is 21.8 Å². The molecule has 28 heavy (non-hydrogen) atoms. The Bertz CT molecular complexity index is 959. The van der Waals surface area contributed by atoms with E-state index in [9.17, 15) is 39.9 Å². The average molecular weight is 414 g/mol. The van der Waals surface area contributed by atoms with Crippen molar-refractivity contribution in [1.29, 1.82) is 0 Å². The number of non-ortho nitro benzene ring substituents is 1. The second kappa shape index (κ2) is 9.00. The van der Waals surface area contributed by atoms with Crippen LogP contribution >= 0.6 is 11.6 Å². The Morgan fingerprint density at radius 2 is 1.39 bits per heavy atom. The molecule has 0 atom stereocenters. The molecule has 2 aromatic carbocycles. The van der Waals surface area contributed by atoms with Crippen molar-refractivity contribution in [2.45, 2.75) is 0 Å². The van der Waals surface area contributed by atoms with E-state index in [0.717, 1.165) is 30.3 Å². The van der Waals surface area contributed by atoms with Crippen molar-refractivity contribution in [2.75, 3.05) is 0 Å². The highest BCUT2D eigenvalue weighted by Crippen LogP contribution is 2.30. The molecule has 0 spiro atoms. The minimum atomic E-state index is -1.58. The van der Waals surface area contributed by atoms with E-state index in [1.165, 1.54) is 6.07 Å². The van der Waals surface area contributed by atoms with E-state index in [1.807, 2.05) is 0 Å². The number of benzene rings is 2. The van der Waals surface area contributed by atoms with Crippen LogP contribution in [0.15, 0.2) is 36.4 Å². The van der Waals surface area contributed by atoms with Gasteiger partial charge in [-0.3, -0.25) is 30.3 Å². The summed E-state index contributed by atoms with van der Waals surface area (Å²) in [5.41, 5.74) is -3.10. The average Bonchev–Trinajstić information content (AvgIpc) is 2.61. The van der Waals surface area contributed by atoms with E-state index in [-0.39, 0.29) is 16.3 Å². The Kier molecular flexibility index (Phi) is 7.04. The fourth-order valence-corrected chi connectivity index (χ4v) is 2.03. The van der Waals surface area contributed by atoms with E-state index in [0.29, 0.717) is 0 Å². The van der Waals surface area contributed by atoms with E-state index in [2.05, 4.69) is 0 Å². The van der Waals surface area contributed by atoms with Crippen LogP contribution in [0.5, 0.6) is 0 Å². The predicted octanol–water partition coefficient (Wildman–Crippen LogP) is 3.15. The summed E-state index contributed by atoms with van der Waals surface area (Å²) in [6.45, 7) is 0. The molecule has 0 saturated heterocycles. The molecule has 0 amide bonds. The van der Waals surface area contributed by atoms with Crippen LogP contribution in [0.3, 0.4) is 0 Å². The van der Waals surface area contributed by atoms with Crippen molar-refractivity contribution >= 4 is 40.6 Å². The van der Waals surface area contributed by atoms with Gasteiger partial charge in [0.2, 0.25) is 0 Å². The van der Waals surface area contributed by atoms with Crippen molar-refractivity contribution in [3.63, 3.8) is 0 Å². The molecule has 0 aliphatic rings. The van der Waals surface area contributed by atoms with Crippen LogP contribution in [0, 0.1) is 30.3 Å². The second-order valence-electron chi connectivity index (χ2n) is 4.72. The van der Waals surface area contributed by atoms with Crippen LogP contribution in [-0.2, 0) is 0 Å². The van der Waals surface area contributed by atoms with Gasteiger partial charge in [-0.15, -0.1) is 0 Å². The van der Waals surface area contributed by atoms with Crippen LogP contribution in [0.4, 0.5) is 17.1 Å². The first-order chi connectivity index (χ1) is 13.0. The van der Waals surface area contributed by atoms with Gasteiger partial charge in [-0.25, -0.2) is 9.59 Å². The Morgan fingerprint density at radius 3 is 1.82 bits per heavy atom. The fourth-order valence-electron chi connectivity index (χ4n) is 1.83. The van der Waals surface area contributed by atoms with Gasteiger partial charge in [0.15, 0.2) is 0 Å². The smallest absolute Gasteiger partial charge is 0.360 e. The van der Waals surface area contributed by atoms with E-state index < -0.39 is 43.6 Å². The lowest BCUT2D eigenvalue weighted by molar-refractivity contribution is -0.422. The Hall–Kier alpha value is -4.13. The van der Waals surface area contributed by atoms with Crippen molar-refractivity contribution < 1.29 is 34.6 Å². The number of nitrogens with zero attached hydrogens (tertiary/aromatic N) is 3. The van der Waals surface area contributed by atoms with Crippen molar-refractivity contribution in [3.8, 4) is 0 Å². The molecule has 0 radical (unpaired) electrons. The number of nitro groups is 3. The lowest BCUT2D eigenvalue weighted by Crippen LogP contribution is -2.05. The number of rotatable bonds is 5. The van der Waals surface area contributed by atoms with Gasteiger partial charge in [0.25, 0.3) is 5.69 Å². The summed E-state index contributed by atoms with van der Waals surface area (Å²) in [6, 6.07) is 6.15. The number of nitro benzene ring substituents is 3. The van der Waals surface area contributed by atoms with Gasteiger partial charge in [0.1, 0.15) is 5.56 Å². The standard InChI is InChI=1S/C7H4ClNO4.C7H4N2O6/c8-6-2-1-4(9(12)13)3-5(6)7(10)11;10-7(11)4-2-1-3-5(8(12)13)6(4)9(14)15/h1-3H,(H,10,11);1-3H,(H,10,11). The summed E-state index contributed by atoms with van der Waals surface area (Å²) in [7, 11) is 0. The number of hydrogen-bond donors (Lipinski definition) is 2. The maximum Gasteiger partial charge on any atom is 0.360 e. The van der Waals surface area contributed by atoms with Gasteiger partial charge in [0, 0.05) is 18.2 Å². The quantitative estimate of drug-likeness (QED) is 0.540. The number of halogens is 1. The number of aromatic carboxylic acids is 2. The van der Waals surface area contributed by atoms with Crippen molar-refractivity contribution in [1.82, 2.24) is 0 Å². The molecule has 0 bridgehead atoms. The maximum atomic E-state index is 10.6. The molecular weight excluding hydrogens is 406 g/mol. The molecule has 0 aromatic heterocycles. The highest BCUT2D eigenvalue weighted by Gasteiger charge is 2.31. The Morgan fingerprint density at radius 1 is 0.821 bits per heavy atom. The van der Waals surface area contributed by atoms with Gasteiger partial charge in [0.05, 0.1) is 25.4 Å². The third-order valence-electron chi connectivity index (χ3n) is 3.02. The highest BCUT2D eigenvalue weighted by atomic mass is 35.5. The van der Waals surface area contributed by atoms with Gasteiger partial charge in [-0.05, 0) is 12.1 Å². The van der Waals surface area contributed by atoms with Crippen molar-refractivity contribution in [2.24, 2.45) is 0 Å². The SMILES string of the molecule is O=C(O)c1cc([N+](=O)[O-])ccc1Cl.O=C(O)c1cccc([N+](=O)[O-])c1[N+](=O)[O-]. The molecule has 0 unspecified atom stereocenters. The third-order valence-corrected chi connectivity index (χ3v) is 3.35. The summed E-state index contributed by atoms with van der Waals surface area (Å²) in [5, 5.41) is 48.3. The van der Waals surface area contributed by atoms with Crippen LogP contribution in [0.1, 0.15) is 20.7 Å². The van der Waals surface area contributed by atoms with Crippen LogP contribution < -0.4 is 0 Å². The first kappa shape index (κ1) is 21.9. The van der Waals surface area contributed by atoms with E-state index >= 15 is 0 Å². The molecule has 146 valence electrons. The zero-order valence-electron chi connectivity index (χ0n) is 13.3. The van der Waals surface area contributed by atoms with E-state index in [1.54, 1.807) is 0 Å². The van der Waals surface area contributed by atoms with Gasteiger partial charge >= 0.3 is 23.3 Å². The largest absolute Gasteiger partial charge is 0.478 e. The number of carbonyl (C=O) groups is 2. The van der Waals surface area contributed by atoms with Gasteiger partial charge in [-0.1, -0.05) is 17.7 Å². The van der Waals surface area contributed by atoms with Crippen molar-refractivity contribution in [3.05, 3.63) is 82.9 Å². The molecule has 13 nitrogen and oxygen atoms in total. The zero-order chi connectivity index (χ0) is 21.6. The number of para-hydroxylation sites is 1. The van der Waals surface area contributed by atoms with Crippen LogP contribution in [-0.4, -0.2) is 36.9 Å². The summed E-state index contributed by atoms with van der Waals surface area (Å²) >= 11 is 5.49. The number of carboxylic acids is 2. The second-order valence-corrected chi connectivity index (χ2v) is 5.13. The molecule has 0 aliphatic carbocycles. The zero-order valence-corrected chi connectivity index (χ0v) is 14.1. The molecule has 0 fully saturated rings. The predicted molar refractivity (Wildman–Crippen MR) is 91.8 cm³/mol. The minimum absolute atomic E-state index is 0.0156. The first-order valence-corrected chi connectivity index (χ1v) is 7.17. The lowest BCUT2D eigenvalue weighted by Gasteiger charge is -1.97. The first-order valence-electron chi connectivity index (χ1n) is 6.79. The Labute approximate surface area is 158 Å².